The van der Waals surface area contributed by atoms with Crippen LogP contribution in [0.3, 0.4) is 0 Å². The summed E-state index contributed by atoms with van der Waals surface area (Å²) in [7, 11) is 1.48. The van der Waals surface area contributed by atoms with Crippen molar-refractivity contribution < 1.29 is 42.1 Å². The summed E-state index contributed by atoms with van der Waals surface area (Å²) in [6.45, 7) is 4.35. The highest BCUT2D eigenvalue weighted by Gasteiger charge is 2.27. The number of hydrogen-bond acceptors (Lipinski definition) is 7. The molecule has 0 aromatic rings. The van der Waals surface area contributed by atoms with Crippen LogP contribution in [0, 0.1) is 0 Å². The summed E-state index contributed by atoms with van der Waals surface area (Å²) in [5.74, 6) is -0.794. The third-order valence-electron chi connectivity index (χ3n) is 19.0. The predicted octanol–water partition coefficient (Wildman–Crippen LogP) is 29.3. The van der Waals surface area contributed by atoms with Crippen LogP contribution in [-0.4, -0.2) is 74.9 Å². The van der Waals surface area contributed by atoms with Gasteiger partial charge in [-0.05, 0) is 109 Å². The van der Waals surface area contributed by atoms with E-state index in [4.69, 9.17) is 18.5 Å². The third kappa shape index (κ3) is 85.3. The number of carbonyl (C=O) groups is 2. The highest BCUT2D eigenvalue weighted by Crippen LogP contribution is 2.43. The van der Waals surface area contributed by atoms with Crippen molar-refractivity contribution in [2.45, 2.75) is 405 Å². The molecule has 1 N–H and O–H groups in total. The van der Waals surface area contributed by atoms with E-state index in [2.05, 4.69) is 135 Å². The van der Waals surface area contributed by atoms with E-state index in [9.17, 15) is 19.0 Å². The molecule has 0 amide bonds. The third-order valence-corrected chi connectivity index (χ3v) is 20.0. The Bertz CT molecular complexity index is 2140. The average molecular weight is 1440 g/mol. The lowest BCUT2D eigenvalue weighted by Crippen LogP contribution is -2.37. The number of esters is 2. The molecule has 0 rings (SSSR count). The summed E-state index contributed by atoms with van der Waals surface area (Å²) in [5, 5.41) is 0. The molecule has 0 bridgehead atoms. The zero-order valence-corrected chi connectivity index (χ0v) is 68.5. The smallest absolute Gasteiger partial charge is 0.462 e. The average Bonchev–Trinajstić information content (AvgIpc) is 0.913. The summed E-state index contributed by atoms with van der Waals surface area (Å²) in [6, 6.07) is 0. The zero-order valence-electron chi connectivity index (χ0n) is 67.6. The molecule has 10 heteroatoms. The molecule has 9 nitrogen and oxygen atoms in total. The molecule has 0 aliphatic carbocycles. The van der Waals surface area contributed by atoms with Gasteiger partial charge < -0.3 is 18.9 Å². The number of likely N-dealkylation sites (N-methyl/N-ethyl adjacent to an activating group) is 1. The number of ether oxygens (including phenoxy) is 2. The first-order valence-corrected chi connectivity index (χ1v) is 44.8. The van der Waals surface area contributed by atoms with E-state index in [1.165, 1.54) is 263 Å². The summed E-state index contributed by atoms with van der Waals surface area (Å²) in [5.41, 5.74) is 0. The molecule has 0 fully saturated rings. The van der Waals surface area contributed by atoms with Gasteiger partial charge in [0.25, 0.3) is 0 Å². The maximum absolute atomic E-state index is 12.9. The van der Waals surface area contributed by atoms with Crippen molar-refractivity contribution in [2.24, 2.45) is 0 Å². The fourth-order valence-electron chi connectivity index (χ4n) is 12.4. The number of rotatable bonds is 80. The number of carbonyl (C=O) groups excluding carboxylic acids is 2. The van der Waals surface area contributed by atoms with E-state index in [1.54, 1.807) is 0 Å². The molecule has 0 aromatic heterocycles. The Morgan fingerprint density at radius 1 is 0.314 bits per heavy atom. The molecule has 2 atom stereocenters. The van der Waals surface area contributed by atoms with E-state index >= 15 is 0 Å². The van der Waals surface area contributed by atoms with Gasteiger partial charge in [0, 0.05) is 12.8 Å². The van der Waals surface area contributed by atoms with E-state index in [-0.39, 0.29) is 32.0 Å². The van der Waals surface area contributed by atoms with Crippen molar-refractivity contribution in [3.63, 3.8) is 0 Å². The van der Waals surface area contributed by atoms with Gasteiger partial charge in [0.15, 0.2) is 6.10 Å². The molecule has 590 valence electrons. The second-order valence-corrected chi connectivity index (χ2v) is 31.6. The Kier molecular flexibility index (Phi) is 78.6. The van der Waals surface area contributed by atoms with E-state index in [1.807, 2.05) is 21.1 Å². The van der Waals surface area contributed by atoms with Crippen LogP contribution in [0.25, 0.3) is 0 Å². The highest BCUT2D eigenvalue weighted by atomic mass is 31.2. The molecule has 2 unspecified atom stereocenters. The van der Waals surface area contributed by atoms with Gasteiger partial charge in [-0.1, -0.05) is 399 Å². The van der Waals surface area contributed by atoms with Crippen LogP contribution in [0.2, 0.25) is 0 Å². The standard InChI is InChI=1S/C92H164NO8P/c1-6-8-10-12-14-16-18-20-22-24-26-28-30-32-34-36-38-40-42-44-45-46-47-49-50-52-54-56-58-60-62-64-66-68-70-72-74-76-78-80-82-84-91(94)98-88-90(89-100-102(96,97)99-87-86-93(3,4)5)101-92(95)85-83-81-79-77-75-73-71-69-67-65-63-61-59-57-55-53-51-48-43-41-39-37-35-33-31-29-27-25-23-21-19-17-15-13-11-9-7-2/h9,11,15,17,21,23-24,26-27,29,33,35,39,41,48,51,55,57,61,63,90H,6-8,10,12-14,16,18-20,22,25,28,30-32,34,36-38,40,42-47,49-50,52-54,56,58-60,62,64-89H2,1-5H3/p+1/b11-9-,17-15-,23-21-,26-24-,29-27-,35-33-,41-39-,51-48-,57-55-,63-61-. The van der Waals surface area contributed by atoms with Gasteiger partial charge >= 0.3 is 19.8 Å². The first-order valence-electron chi connectivity index (χ1n) is 43.3. The Balaban J connectivity index is 3.94. The molecule has 0 aliphatic rings. The van der Waals surface area contributed by atoms with Crippen LogP contribution in [-0.2, 0) is 32.7 Å². The van der Waals surface area contributed by atoms with Crippen LogP contribution in [0.5, 0.6) is 0 Å². The Hall–Kier alpha value is -3.59. The van der Waals surface area contributed by atoms with Gasteiger partial charge in [-0.2, -0.15) is 0 Å². The van der Waals surface area contributed by atoms with Crippen LogP contribution in [0.15, 0.2) is 122 Å². The Morgan fingerprint density at radius 3 is 0.843 bits per heavy atom. The van der Waals surface area contributed by atoms with Crippen molar-refractivity contribution in [3.05, 3.63) is 122 Å². The summed E-state index contributed by atoms with van der Waals surface area (Å²) >= 11 is 0. The second-order valence-electron chi connectivity index (χ2n) is 30.2. The molecular formula is C92H165NO8P+. The second kappa shape index (κ2) is 81.5. The minimum Gasteiger partial charge on any atom is -0.462 e. The summed E-state index contributed by atoms with van der Waals surface area (Å²) < 4.78 is 34.9. The fraction of sp³-hybridized carbons (Fsp3) is 0.761. The molecule has 0 heterocycles. The lowest BCUT2D eigenvalue weighted by atomic mass is 10.0. The van der Waals surface area contributed by atoms with E-state index < -0.39 is 26.5 Å². The van der Waals surface area contributed by atoms with Gasteiger partial charge in [0.2, 0.25) is 0 Å². The molecule has 0 saturated carbocycles. The molecule has 0 spiro atoms. The molecule has 0 aromatic carbocycles. The van der Waals surface area contributed by atoms with Crippen molar-refractivity contribution in [3.8, 4) is 0 Å². The maximum Gasteiger partial charge on any atom is 0.472 e. The molecular weight excluding hydrogens is 1280 g/mol. The number of hydrogen-bond donors (Lipinski definition) is 1. The molecule has 0 saturated heterocycles. The lowest BCUT2D eigenvalue weighted by Gasteiger charge is -2.24. The Labute approximate surface area is 632 Å². The van der Waals surface area contributed by atoms with Crippen LogP contribution in [0.4, 0.5) is 0 Å². The number of nitrogens with zero attached hydrogens (tertiary/aromatic N) is 1. The van der Waals surface area contributed by atoms with Crippen molar-refractivity contribution in [1.29, 1.82) is 0 Å². The van der Waals surface area contributed by atoms with Crippen molar-refractivity contribution >= 4 is 19.8 Å². The molecule has 0 radical (unpaired) electrons. The fourth-order valence-corrected chi connectivity index (χ4v) is 13.2. The van der Waals surface area contributed by atoms with Gasteiger partial charge in [-0.25, -0.2) is 4.57 Å². The summed E-state index contributed by atoms with van der Waals surface area (Å²) in [4.78, 5) is 36.0. The monoisotopic (exact) mass is 1440 g/mol. The van der Waals surface area contributed by atoms with Crippen molar-refractivity contribution in [1.82, 2.24) is 0 Å². The number of phosphoric acid groups is 1. The molecule has 0 aliphatic heterocycles. The number of quaternary nitrogens is 1. The van der Waals surface area contributed by atoms with Gasteiger partial charge in [0.05, 0.1) is 27.7 Å². The van der Waals surface area contributed by atoms with Gasteiger partial charge in [-0.15, -0.1) is 0 Å². The van der Waals surface area contributed by atoms with Gasteiger partial charge in [-0.3, -0.25) is 18.6 Å². The first-order chi connectivity index (χ1) is 50.0. The largest absolute Gasteiger partial charge is 0.472 e. The minimum atomic E-state index is -4.41. The van der Waals surface area contributed by atoms with Gasteiger partial charge in [0.1, 0.15) is 19.8 Å². The van der Waals surface area contributed by atoms with E-state index in [0.29, 0.717) is 17.4 Å². The lowest BCUT2D eigenvalue weighted by molar-refractivity contribution is -0.870. The number of phosphoric ester groups is 1. The van der Waals surface area contributed by atoms with Crippen LogP contribution < -0.4 is 0 Å². The topological polar surface area (TPSA) is 108 Å². The maximum atomic E-state index is 12.9. The summed E-state index contributed by atoms with van der Waals surface area (Å²) in [6.07, 6.45) is 118. The first kappa shape index (κ1) is 98.4. The Morgan fingerprint density at radius 2 is 0.559 bits per heavy atom. The van der Waals surface area contributed by atoms with Crippen molar-refractivity contribution in [2.75, 3.05) is 47.5 Å². The predicted molar refractivity (Wildman–Crippen MR) is 445 cm³/mol. The molecule has 102 heavy (non-hydrogen) atoms. The quantitative estimate of drug-likeness (QED) is 0.0211. The highest BCUT2D eigenvalue weighted by molar-refractivity contribution is 7.47. The van der Waals surface area contributed by atoms with Crippen LogP contribution in [0.1, 0.15) is 399 Å². The normalized spacial score (nSPS) is 13.6. The number of allylic oxidation sites excluding steroid dienone is 20. The van der Waals surface area contributed by atoms with E-state index in [0.717, 1.165) is 103 Å². The number of unbranched alkanes of at least 4 members (excludes halogenated alkanes) is 46. The van der Waals surface area contributed by atoms with Crippen LogP contribution >= 0.6 is 7.82 Å². The zero-order chi connectivity index (χ0) is 74.0. The minimum absolute atomic E-state index is 0.0271. The SMILES string of the molecule is CC/C=C\C/C=C\C/C=C\C/C=C\C/C=C\C/C=C\C/C=C\C/C=C\C/C=C\CCCCCCCCCCCC(=O)OC(COC(=O)CCCCCCCCCCCCCCCCCCCCCCCCCCCCCCC/C=C\CCCCCCCCCC)COP(=O)(O)OCC[N+](C)(C)C.